The molecule has 0 aromatic carbocycles. The molecule has 0 saturated carbocycles. The van der Waals surface area contributed by atoms with E-state index >= 15 is 0 Å². The van der Waals surface area contributed by atoms with Crippen LogP contribution in [0, 0.1) is 0 Å². The Labute approximate surface area is 70.2 Å². The van der Waals surface area contributed by atoms with Gasteiger partial charge in [-0.1, -0.05) is 0 Å². The number of aliphatic hydroxyl groups is 1. The summed E-state index contributed by atoms with van der Waals surface area (Å²) in [6.45, 7) is 0.943. The van der Waals surface area contributed by atoms with E-state index in [1.807, 2.05) is 0 Å². The van der Waals surface area contributed by atoms with Crippen LogP contribution in [0.2, 0.25) is 0 Å². The highest BCUT2D eigenvalue weighted by Crippen LogP contribution is 2.20. The third kappa shape index (κ3) is 1.46. The second kappa shape index (κ2) is 3.68. The molecular formula is C7H12O5. The lowest BCUT2D eigenvalue weighted by Gasteiger charge is -2.39. The third-order valence-electron chi connectivity index (χ3n) is 2.10. The number of hydrogen-bond acceptors (Lipinski definition) is 5. The van der Waals surface area contributed by atoms with E-state index in [9.17, 15) is 0 Å². The summed E-state index contributed by atoms with van der Waals surface area (Å²) in [5, 5.41) is 8.93. The lowest BCUT2D eigenvalue weighted by Crippen LogP contribution is -2.54. The Morgan fingerprint density at radius 2 is 2.08 bits per heavy atom. The molecule has 2 rings (SSSR count). The minimum atomic E-state index is -0.271. The number of ether oxygens (including phenoxy) is 4. The molecule has 2 aliphatic rings. The predicted octanol–water partition coefficient (Wildman–Crippen LogP) is -0.907. The van der Waals surface area contributed by atoms with Gasteiger partial charge in [-0.2, -0.15) is 0 Å². The molecule has 2 aliphatic heterocycles. The molecule has 0 amide bonds. The molecule has 5 nitrogen and oxygen atoms in total. The first-order chi connectivity index (χ1) is 5.92. The van der Waals surface area contributed by atoms with Crippen LogP contribution >= 0.6 is 0 Å². The number of hydrogen-bond donors (Lipinski definition) is 1. The standard InChI is InChI=1S/C7H12O5/c8-1-5-7-6(11-4-10-5)2-9-3-12-7/h5-8H,1-4H2. The molecule has 12 heavy (non-hydrogen) atoms. The first-order valence-corrected chi connectivity index (χ1v) is 3.95. The van der Waals surface area contributed by atoms with Crippen LogP contribution in [0.4, 0.5) is 0 Å². The molecule has 0 bridgehead atoms. The molecule has 0 aromatic rings. The molecule has 2 heterocycles. The summed E-state index contributed by atoms with van der Waals surface area (Å²) >= 11 is 0. The molecule has 2 saturated heterocycles. The molecule has 0 aliphatic carbocycles. The van der Waals surface area contributed by atoms with E-state index in [1.54, 1.807) is 0 Å². The Balaban J connectivity index is 1.99. The third-order valence-corrected chi connectivity index (χ3v) is 2.10. The molecule has 0 spiro atoms. The van der Waals surface area contributed by atoms with E-state index in [1.165, 1.54) is 0 Å². The van der Waals surface area contributed by atoms with Crippen LogP contribution in [0.25, 0.3) is 0 Å². The van der Waals surface area contributed by atoms with Crippen LogP contribution in [-0.2, 0) is 18.9 Å². The summed E-state index contributed by atoms with van der Waals surface area (Å²) in [7, 11) is 0. The van der Waals surface area contributed by atoms with Gasteiger partial charge in [0.25, 0.3) is 0 Å². The Hall–Kier alpha value is -0.200. The van der Waals surface area contributed by atoms with Crippen LogP contribution in [-0.4, -0.2) is 50.2 Å². The van der Waals surface area contributed by atoms with Crippen LogP contribution < -0.4 is 0 Å². The van der Waals surface area contributed by atoms with Gasteiger partial charge in [0.05, 0.1) is 13.2 Å². The second-order valence-corrected chi connectivity index (χ2v) is 2.83. The Kier molecular flexibility index (Phi) is 2.57. The molecule has 70 valence electrons. The van der Waals surface area contributed by atoms with Crippen molar-refractivity contribution in [1.29, 1.82) is 0 Å². The van der Waals surface area contributed by atoms with E-state index in [2.05, 4.69) is 0 Å². The van der Waals surface area contributed by atoms with Crippen LogP contribution in [0.15, 0.2) is 0 Å². The zero-order valence-electron chi connectivity index (χ0n) is 6.64. The summed E-state index contributed by atoms with van der Waals surface area (Å²) < 4.78 is 20.7. The zero-order chi connectivity index (χ0) is 8.39. The lowest BCUT2D eigenvalue weighted by atomic mass is 10.1. The maximum Gasteiger partial charge on any atom is 0.147 e. The van der Waals surface area contributed by atoms with Gasteiger partial charge in [-0.25, -0.2) is 0 Å². The minimum Gasteiger partial charge on any atom is -0.394 e. The molecule has 5 heteroatoms. The Bertz CT molecular complexity index is 142. The van der Waals surface area contributed by atoms with Crippen molar-refractivity contribution in [1.82, 2.24) is 0 Å². The Morgan fingerprint density at radius 3 is 2.92 bits per heavy atom. The van der Waals surface area contributed by atoms with Crippen molar-refractivity contribution in [3.8, 4) is 0 Å². The van der Waals surface area contributed by atoms with E-state index in [-0.39, 0.29) is 38.5 Å². The van der Waals surface area contributed by atoms with Gasteiger partial charge in [0.1, 0.15) is 31.9 Å². The zero-order valence-corrected chi connectivity index (χ0v) is 6.64. The summed E-state index contributed by atoms with van der Waals surface area (Å²) in [6.07, 6.45) is -0.546. The molecule has 1 N–H and O–H groups in total. The fourth-order valence-electron chi connectivity index (χ4n) is 1.45. The second-order valence-electron chi connectivity index (χ2n) is 2.83. The first kappa shape index (κ1) is 8.40. The van der Waals surface area contributed by atoms with Crippen LogP contribution in [0.1, 0.15) is 0 Å². The highest BCUT2D eigenvalue weighted by molar-refractivity contribution is 4.82. The average molecular weight is 176 g/mol. The maximum atomic E-state index is 8.93. The van der Waals surface area contributed by atoms with Crippen molar-refractivity contribution in [2.75, 3.05) is 26.8 Å². The lowest BCUT2D eigenvalue weighted by molar-refractivity contribution is -0.304. The van der Waals surface area contributed by atoms with Crippen molar-refractivity contribution in [2.24, 2.45) is 0 Å². The number of fused-ring (bicyclic) bond motifs is 1. The average Bonchev–Trinajstić information content (AvgIpc) is 2.17. The van der Waals surface area contributed by atoms with Crippen molar-refractivity contribution >= 4 is 0 Å². The molecule has 2 fully saturated rings. The van der Waals surface area contributed by atoms with E-state index in [0.717, 1.165) is 0 Å². The Morgan fingerprint density at radius 1 is 1.17 bits per heavy atom. The van der Waals surface area contributed by atoms with Crippen molar-refractivity contribution in [3.63, 3.8) is 0 Å². The van der Waals surface area contributed by atoms with Gasteiger partial charge in [0.2, 0.25) is 0 Å². The minimum absolute atomic E-state index is 0.0372. The molecule has 0 radical (unpaired) electrons. The SMILES string of the molecule is OCC1OCOC2COCOC12. The van der Waals surface area contributed by atoms with Gasteiger partial charge in [0, 0.05) is 0 Å². The van der Waals surface area contributed by atoms with Gasteiger partial charge in [0.15, 0.2) is 0 Å². The monoisotopic (exact) mass is 176 g/mol. The normalized spacial score (nSPS) is 42.2. The summed E-state index contributed by atoms with van der Waals surface area (Å²) in [6, 6.07) is 0. The van der Waals surface area contributed by atoms with E-state index in [4.69, 9.17) is 24.1 Å². The maximum absolute atomic E-state index is 8.93. The van der Waals surface area contributed by atoms with Gasteiger partial charge in [-0.15, -0.1) is 0 Å². The van der Waals surface area contributed by atoms with Crippen LogP contribution in [0.3, 0.4) is 0 Å². The molecule has 0 aromatic heterocycles. The highest BCUT2D eigenvalue weighted by Gasteiger charge is 2.38. The summed E-state index contributed by atoms with van der Waals surface area (Å²) in [5.41, 5.74) is 0. The number of aliphatic hydroxyl groups excluding tert-OH is 1. The topological polar surface area (TPSA) is 57.2 Å². The summed E-state index contributed by atoms with van der Waals surface area (Å²) in [4.78, 5) is 0. The van der Waals surface area contributed by atoms with Gasteiger partial charge in [-0.3, -0.25) is 0 Å². The molecular weight excluding hydrogens is 164 g/mol. The van der Waals surface area contributed by atoms with Gasteiger partial charge < -0.3 is 24.1 Å². The van der Waals surface area contributed by atoms with Crippen molar-refractivity contribution in [3.05, 3.63) is 0 Å². The quantitative estimate of drug-likeness (QED) is 0.560. The number of rotatable bonds is 1. The van der Waals surface area contributed by atoms with Gasteiger partial charge >= 0.3 is 0 Å². The van der Waals surface area contributed by atoms with Crippen molar-refractivity contribution < 1.29 is 24.1 Å². The van der Waals surface area contributed by atoms with E-state index < -0.39 is 0 Å². The smallest absolute Gasteiger partial charge is 0.147 e. The fraction of sp³-hybridized carbons (Fsp3) is 1.00. The van der Waals surface area contributed by atoms with E-state index in [0.29, 0.717) is 6.61 Å². The summed E-state index contributed by atoms with van der Waals surface area (Å²) in [5.74, 6) is 0. The first-order valence-electron chi connectivity index (χ1n) is 3.95. The predicted molar refractivity (Wildman–Crippen MR) is 37.4 cm³/mol. The molecule has 3 atom stereocenters. The highest BCUT2D eigenvalue weighted by atomic mass is 16.7. The fourth-order valence-corrected chi connectivity index (χ4v) is 1.45. The van der Waals surface area contributed by atoms with Crippen molar-refractivity contribution in [2.45, 2.75) is 18.3 Å². The van der Waals surface area contributed by atoms with Gasteiger partial charge in [-0.05, 0) is 0 Å². The van der Waals surface area contributed by atoms with Crippen LogP contribution in [0.5, 0.6) is 0 Å². The molecule has 3 unspecified atom stereocenters. The largest absolute Gasteiger partial charge is 0.394 e.